The summed E-state index contributed by atoms with van der Waals surface area (Å²) in [5, 5.41) is 1.03. The monoisotopic (exact) mass is 334 g/mol. The van der Waals surface area contributed by atoms with E-state index in [1.54, 1.807) is 6.07 Å². The molecule has 0 radical (unpaired) electrons. The highest BCUT2D eigenvalue weighted by molar-refractivity contribution is 6.36. The van der Waals surface area contributed by atoms with E-state index in [0.29, 0.717) is 16.0 Å². The first kappa shape index (κ1) is 14.6. The fraction of sp³-hybridized carbons (Fsp3) is 0. The third-order valence-corrected chi connectivity index (χ3v) is 3.54. The molecule has 2 aromatic carbocycles. The number of hydrogen-bond donors (Lipinski definition) is 0. The maximum absolute atomic E-state index is 12.1. The standard InChI is InChI=1S/C16H8Cl2O4/c17-9-1-3-11(13(18)7-9)16(20)22-10-2-4-12-14(19)5-6-21-15(12)8-10/h1-8H. The SMILES string of the molecule is O=C(Oc1ccc2c(=O)ccoc2c1)c1ccc(Cl)cc1Cl. The second kappa shape index (κ2) is 5.83. The lowest BCUT2D eigenvalue weighted by Crippen LogP contribution is -2.09. The van der Waals surface area contributed by atoms with Gasteiger partial charge < -0.3 is 9.15 Å². The summed E-state index contributed by atoms with van der Waals surface area (Å²) in [7, 11) is 0. The van der Waals surface area contributed by atoms with Crippen molar-refractivity contribution in [1.82, 2.24) is 0 Å². The molecule has 0 atom stereocenters. The van der Waals surface area contributed by atoms with Crippen LogP contribution >= 0.6 is 23.2 Å². The zero-order chi connectivity index (χ0) is 15.7. The minimum Gasteiger partial charge on any atom is -0.464 e. The van der Waals surface area contributed by atoms with Gasteiger partial charge in [0.25, 0.3) is 0 Å². The number of benzene rings is 2. The molecule has 22 heavy (non-hydrogen) atoms. The molecule has 110 valence electrons. The highest BCUT2D eigenvalue weighted by Gasteiger charge is 2.14. The maximum atomic E-state index is 12.1. The minimum atomic E-state index is -0.626. The van der Waals surface area contributed by atoms with E-state index in [0.717, 1.165) is 0 Å². The lowest BCUT2D eigenvalue weighted by Gasteiger charge is -2.06. The van der Waals surface area contributed by atoms with Crippen LogP contribution in [-0.2, 0) is 0 Å². The molecule has 1 aromatic heterocycles. The van der Waals surface area contributed by atoms with Gasteiger partial charge in [0, 0.05) is 17.2 Å². The molecule has 1 heterocycles. The summed E-state index contributed by atoms with van der Waals surface area (Å²) in [6.07, 6.45) is 1.28. The number of hydrogen-bond acceptors (Lipinski definition) is 4. The van der Waals surface area contributed by atoms with Gasteiger partial charge in [0.15, 0.2) is 5.43 Å². The molecule has 0 unspecified atom stereocenters. The van der Waals surface area contributed by atoms with Crippen LogP contribution in [0, 0.1) is 0 Å². The fourth-order valence-corrected chi connectivity index (χ4v) is 2.43. The average molecular weight is 335 g/mol. The molecule has 0 bridgehead atoms. The second-order valence-electron chi connectivity index (χ2n) is 4.46. The number of carbonyl (C=O) groups excluding carboxylic acids is 1. The first-order chi connectivity index (χ1) is 10.5. The molecule has 3 rings (SSSR count). The Balaban J connectivity index is 1.92. The van der Waals surface area contributed by atoms with Crippen LogP contribution < -0.4 is 10.2 Å². The van der Waals surface area contributed by atoms with Gasteiger partial charge in [0.2, 0.25) is 0 Å². The fourth-order valence-electron chi connectivity index (χ4n) is 1.94. The van der Waals surface area contributed by atoms with Gasteiger partial charge in [0.05, 0.1) is 22.2 Å². The van der Waals surface area contributed by atoms with Crippen molar-refractivity contribution in [2.24, 2.45) is 0 Å². The number of halogens is 2. The molecule has 0 saturated heterocycles. The zero-order valence-corrected chi connectivity index (χ0v) is 12.5. The molecule has 0 N–H and O–H groups in total. The third kappa shape index (κ3) is 2.84. The van der Waals surface area contributed by atoms with Gasteiger partial charge in [-0.2, -0.15) is 0 Å². The number of fused-ring (bicyclic) bond motifs is 1. The normalized spacial score (nSPS) is 10.6. The van der Waals surface area contributed by atoms with Crippen LogP contribution in [-0.4, -0.2) is 5.97 Å². The molecular weight excluding hydrogens is 327 g/mol. The molecule has 0 aliphatic carbocycles. The van der Waals surface area contributed by atoms with Crippen LogP contribution in [0.1, 0.15) is 10.4 Å². The van der Waals surface area contributed by atoms with Crippen molar-refractivity contribution in [2.45, 2.75) is 0 Å². The van der Waals surface area contributed by atoms with Crippen LogP contribution in [0.25, 0.3) is 11.0 Å². The summed E-state index contributed by atoms with van der Waals surface area (Å²) in [6.45, 7) is 0. The molecular formula is C16H8Cl2O4. The molecule has 6 heteroatoms. The summed E-state index contributed by atoms with van der Waals surface area (Å²) in [4.78, 5) is 23.7. The predicted octanol–water partition coefficient (Wildman–Crippen LogP) is 4.32. The summed E-state index contributed by atoms with van der Waals surface area (Å²) in [5.41, 5.74) is 0.362. The predicted molar refractivity (Wildman–Crippen MR) is 83.9 cm³/mol. The summed E-state index contributed by atoms with van der Waals surface area (Å²) < 4.78 is 10.5. The summed E-state index contributed by atoms with van der Waals surface area (Å²) in [5.74, 6) is -0.378. The van der Waals surface area contributed by atoms with Gasteiger partial charge in [-0.15, -0.1) is 0 Å². The number of carbonyl (C=O) groups is 1. The largest absolute Gasteiger partial charge is 0.464 e. The molecule has 3 aromatic rings. The average Bonchev–Trinajstić information content (AvgIpc) is 2.47. The Morgan fingerprint density at radius 3 is 2.64 bits per heavy atom. The summed E-state index contributed by atoms with van der Waals surface area (Å²) >= 11 is 11.7. The van der Waals surface area contributed by atoms with Crippen LogP contribution in [0.5, 0.6) is 5.75 Å². The van der Waals surface area contributed by atoms with Gasteiger partial charge in [-0.3, -0.25) is 4.79 Å². The van der Waals surface area contributed by atoms with E-state index in [1.165, 1.54) is 42.7 Å². The molecule has 0 amide bonds. The smallest absolute Gasteiger partial charge is 0.345 e. The van der Waals surface area contributed by atoms with Crippen molar-refractivity contribution in [3.63, 3.8) is 0 Å². The lowest BCUT2D eigenvalue weighted by atomic mass is 10.2. The molecule has 0 aliphatic heterocycles. The lowest BCUT2D eigenvalue weighted by molar-refractivity contribution is 0.0735. The molecule has 0 aliphatic rings. The Kier molecular flexibility index (Phi) is 3.88. The summed E-state index contributed by atoms with van der Waals surface area (Å²) in [6, 6.07) is 10.3. The van der Waals surface area contributed by atoms with E-state index in [-0.39, 0.29) is 21.8 Å². The van der Waals surface area contributed by atoms with Crippen molar-refractivity contribution in [1.29, 1.82) is 0 Å². The highest BCUT2D eigenvalue weighted by atomic mass is 35.5. The molecule has 0 fully saturated rings. The van der Waals surface area contributed by atoms with E-state index >= 15 is 0 Å². The van der Waals surface area contributed by atoms with Crippen molar-refractivity contribution in [3.8, 4) is 5.75 Å². The second-order valence-corrected chi connectivity index (χ2v) is 5.30. The first-order valence-electron chi connectivity index (χ1n) is 6.23. The third-order valence-electron chi connectivity index (χ3n) is 2.99. The van der Waals surface area contributed by atoms with E-state index in [9.17, 15) is 9.59 Å². The van der Waals surface area contributed by atoms with Crippen molar-refractivity contribution < 1.29 is 13.9 Å². The van der Waals surface area contributed by atoms with Gasteiger partial charge in [-0.05, 0) is 30.3 Å². The van der Waals surface area contributed by atoms with Crippen LogP contribution in [0.15, 0.2) is 57.9 Å². The van der Waals surface area contributed by atoms with Crippen LogP contribution in [0.2, 0.25) is 10.0 Å². The Morgan fingerprint density at radius 1 is 1.05 bits per heavy atom. The van der Waals surface area contributed by atoms with E-state index in [4.69, 9.17) is 32.4 Å². The number of rotatable bonds is 2. The van der Waals surface area contributed by atoms with Gasteiger partial charge >= 0.3 is 5.97 Å². The Hall–Kier alpha value is -2.30. The molecule has 4 nitrogen and oxygen atoms in total. The topological polar surface area (TPSA) is 56.5 Å². The minimum absolute atomic E-state index is 0.167. The maximum Gasteiger partial charge on any atom is 0.345 e. The Labute approximate surface area is 134 Å². The van der Waals surface area contributed by atoms with Crippen molar-refractivity contribution >= 4 is 40.1 Å². The number of esters is 1. The van der Waals surface area contributed by atoms with Gasteiger partial charge in [0.1, 0.15) is 11.3 Å². The van der Waals surface area contributed by atoms with Crippen molar-refractivity contribution in [3.05, 3.63) is 74.6 Å². The van der Waals surface area contributed by atoms with E-state index in [2.05, 4.69) is 0 Å². The number of ether oxygens (including phenoxy) is 1. The quantitative estimate of drug-likeness (QED) is 0.517. The van der Waals surface area contributed by atoms with Crippen LogP contribution in [0.4, 0.5) is 0 Å². The van der Waals surface area contributed by atoms with Crippen LogP contribution in [0.3, 0.4) is 0 Å². The van der Waals surface area contributed by atoms with E-state index < -0.39 is 5.97 Å². The molecule has 0 spiro atoms. The van der Waals surface area contributed by atoms with Crippen molar-refractivity contribution in [2.75, 3.05) is 0 Å². The first-order valence-corrected chi connectivity index (χ1v) is 6.99. The Bertz CT molecular complexity index is 931. The Morgan fingerprint density at radius 2 is 1.86 bits per heavy atom. The van der Waals surface area contributed by atoms with Gasteiger partial charge in [-0.25, -0.2) is 4.79 Å². The zero-order valence-electron chi connectivity index (χ0n) is 11.0. The molecule has 0 saturated carbocycles. The van der Waals surface area contributed by atoms with Gasteiger partial charge in [-0.1, -0.05) is 23.2 Å². The highest BCUT2D eigenvalue weighted by Crippen LogP contribution is 2.24. The van der Waals surface area contributed by atoms with E-state index in [1.807, 2.05) is 0 Å².